The van der Waals surface area contributed by atoms with E-state index in [2.05, 4.69) is 15.0 Å². The monoisotopic (exact) mass is 437 g/mol. The van der Waals surface area contributed by atoms with Crippen LogP contribution in [0.4, 0.5) is 18.9 Å². The van der Waals surface area contributed by atoms with E-state index in [1.807, 2.05) is 18.2 Å². The van der Waals surface area contributed by atoms with Crippen molar-refractivity contribution in [3.8, 4) is 5.75 Å². The molecule has 23 heavy (non-hydrogen) atoms. The number of guanidine groups is 1. The van der Waals surface area contributed by atoms with Crippen LogP contribution < -0.4 is 15.8 Å². The second kappa shape index (κ2) is 8.61. The molecule has 0 unspecified atom stereocenters. The summed E-state index contributed by atoms with van der Waals surface area (Å²) in [6.45, 7) is -0.0298. The van der Waals surface area contributed by atoms with Crippen molar-refractivity contribution >= 4 is 35.6 Å². The van der Waals surface area contributed by atoms with Crippen molar-refractivity contribution in [2.45, 2.75) is 12.9 Å². The molecule has 2 aromatic rings. The van der Waals surface area contributed by atoms with E-state index >= 15 is 0 Å². The van der Waals surface area contributed by atoms with E-state index < -0.39 is 6.36 Å². The molecule has 0 bridgehead atoms. The van der Waals surface area contributed by atoms with E-state index in [0.717, 1.165) is 5.69 Å². The number of nitrogens with one attached hydrogen (secondary N) is 1. The smallest absolute Gasteiger partial charge is 0.405 e. The van der Waals surface area contributed by atoms with Crippen molar-refractivity contribution < 1.29 is 17.9 Å². The lowest BCUT2D eigenvalue weighted by Crippen LogP contribution is -2.22. The van der Waals surface area contributed by atoms with Crippen LogP contribution in [0.5, 0.6) is 5.75 Å². The minimum absolute atomic E-state index is 0. The zero-order valence-electron chi connectivity index (χ0n) is 11.9. The number of aliphatic imine (C=N–C) groups is 1. The molecule has 2 rings (SSSR count). The first kappa shape index (κ1) is 19.1. The zero-order chi connectivity index (χ0) is 16.0. The van der Waals surface area contributed by atoms with Crippen LogP contribution in [0, 0.1) is 0 Å². The highest BCUT2D eigenvalue weighted by Crippen LogP contribution is 2.26. The Morgan fingerprint density at radius 2 is 1.65 bits per heavy atom. The second-order valence-electron chi connectivity index (χ2n) is 4.35. The quantitative estimate of drug-likeness (QED) is 0.430. The summed E-state index contributed by atoms with van der Waals surface area (Å²) in [5.41, 5.74) is 6.74. The fraction of sp³-hybridized carbons (Fsp3) is 0.133. The van der Waals surface area contributed by atoms with Gasteiger partial charge in [-0.25, -0.2) is 4.99 Å². The third kappa shape index (κ3) is 6.76. The number of rotatable bonds is 4. The molecule has 0 aliphatic heterocycles. The summed E-state index contributed by atoms with van der Waals surface area (Å²) in [6.07, 6.45) is -4.74. The van der Waals surface area contributed by atoms with Gasteiger partial charge >= 0.3 is 6.36 Å². The lowest BCUT2D eigenvalue weighted by Gasteiger charge is -2.12. The predicted octanol–water partition coefficient (Wildman–Crippen LogP) is 4.13. The number of halogens is 4. The van der Waals surface area contributed by atoms with Crippen molar-refractivity contribution in [2.24, 2.45) is 10.7 Å². The lowest BCUT2D eigenvalue weighted by atomic mass is 10.2. The van der Waals surface area contributed by atoms with E-state index in [-0.39, 0.29) is 47.8 Å². The molecule has 0 saturated heterocycles. The van der Waals surface area contributed by atoms with Crippen LogP contribution in [0.1, 0.15) is 5.56 Å². The van der Waals surface area contributed by atoms with Crippen LogP contribution in [0.15, 0.2) is 59.6 Å². The highest BCUT2D eigenvalue weighted by molar-refractivity contribution is 14.0. The minimum atomic E-state index is -4.74. The van der Waals surface area contributed by atoms with Gasteiger partial charge in [0.25, 0.3) is 0 Å². The van der Waals surface area contributed by atoms with Crippen LogP contribution in [0.25, 0.3) is 0 Å². The Hall–Kier alpha value is -1.97. The number of hydrogen-bond acceptors (Lipinski definition) is 2. The Morgan fingerprint density at radius 1 is 1.04 bits per heavy atom. The molecule has 0 aliphatic carbocycles. The molecule has 2 aromatic carbocycles. The molecule has 8 heteroatoms. The summed E-state index contributed by atoms with van der Waals surface area (Å²) in [6, 6.07) is 14.9. The Kier molecular flexibility index (Phi) is 7.14. The number of alkyl halides is 3. The van der Waals surface area contributed by atoms with Gasteiger partial charge in [0, 0.05) is 11.3 Å². The van der Waals surface area contributed by atoms with Gasteiger partial charge in [-0.15, -0.1) is 37.1 Å². The van der Waals surface area contributed by atoms with Crippen molar-refractivity contribution in [3.05, 3.63) is 60.2 Å². The van der Waals surface area contributed by atoms with Gasteiger partial charge in [-0.2, -0.15) is 0 Å². The van der Waals surface area contributed by atoms with Crippen LogP contribution in [-0.2, 0) is 6.54 Å². The number of nitrogens with zero attached hydrogens (tertiary/aromatic N) is 1. The van der Waals surface area contributed by atoms with Crippen molar-refractivity contribution in [1.82, 2.24) is 0 Å². The third-order valence-corrected chi connectivity index (χ3v) is 2.66. The molecule has 124 valence electrons. The summed E-state index contributed by atoms with van der Waals surface area (Å²) in [5, 5.41) is 2.84. The van der Waals surface area contributed by atoms with Crippen LogP contribution >= 0.6 is 24.0 Å². The Morgan fingerprint density at radius 3 is 2.30 bits per heavy atom. The maximum atomic E-state index is 12.3. The zero-order valence-corrected chi connectivity index (χ0v) is 14.2. The van der Waals surface area contributed by atoms with Gasteiger partial charge in [-0.3, -0.25) is 0 Å². The van der Waals surface area contributed by atoms with Crippen molar-refractivity contribution in [1.29, 1.82) is 0 Å². The molecule has 0 aliphatic rings. The van der Waals surface area contributed by atoms with E-state index in [0.29, 0.717) is 0 Å². The summed E-state index contributed by atoms with van der Waals surface area (Å²) >= 11 is 0. The maximum Gasteiger partial charge on any atom is 0.573 e. The molecule has 3 N–H and O–H groups in total. The molecule has 0 radical (unpaired) electrons. The Labute approximate surface area is 148 Å². The molecule has 0 aromatic heterocycles. The van der Waals surface area contributed by atoms with E-state index in [1.165, 1.54) is 18.2 Å². The molecule has 4 nitrogen and oxygen atoms in total. The van der Waals surface area contributed by atoms with E-state index in [1.54, 1.807) is 18.2 Å². The number of hydrogen-bond donors (Lipinski definition) is 2. The largest absolute Gasteiger partial charge is 0.573 e. The summed E-state index contributed by atoms with van der Waals surface area (Å²) in [5.74, 6) is -0.181. The van der Waals surface area contributed by atoms with Gasteiger partial charge in [0.1, 0.15) is 5.75 Å². The summed E-state index contributed by atoms with van der Waals surface area (Å²) in [4.78, 5) is 4.02. The molecule has 0 saturated carbocycles. The van der Waals surface area contributed by atoms with Gasteiger partial charge in [0.2, 0.25) is 0 Å². The number of anilines is 1. The fourth-order valence-corrected chi connectivity index (χ4v) is 1.74. The molecular weight excluding hydrogens is 422 g/mol. The predicted molar refractivity (Wildman–Crippen MR) is 93.9 cm³/mol. The first-order valence-electron chi connectivity index (χ1n) is 6.40. The average Bonchev–Trinajstić information content (AvgIpc) is 2.46. The highest BCUT2D eigenvalue weighted by atomic mass is 127. The normalized spacial score (nSPS) is 11.5. The molecular formula is C15H15F3IN3O. The Balaban J connectivity index is 0.00000264. The number of para-hydroxylation sites is 2. The average molecular weight is 437 g/mol. The molecule has 0 heterocycles. The first-order chi connectivity index (χ1) is 10.4. The van der Waals surface area contributed by atoms with Gasteiger partial charge < -0.3 is 15.8 Å². The van der Waals surface area contributed by atoms with Gasteiger partial charge in [-0.05, 0) is 18.2 Å². The van der Waals surface area contributed by atoms with Crippen LogP contribution in [0.3, 0.4) is 0 Å². The van der Waals surface area contributed by atoms with Gasteiger partial charge in [-0.1, -0.05) is 36.4 Å². The number of ether oxygens (including phenoxy) is 1. The van der Waals surface area contributed by atoms with Crippen LogP contribution in [-0.4, -0.2) is 12.3 Å². The lowest BCUT2D eigenvalue weighted by molar-refractivity contribution is -0.274. The fourth-order valence-electron chi connectivity index (χ4n) is 1.74. The SMILES string of the molecule is I.NC(=NCc1ccccc1OC(F)(F)F)Nc1ccccc1. The highest BCUT2D eigenvalue weighted by Gasteiger charge is 2.31. The number of benzene rings is 2. The second-order valence-corrected chi connectivity index (χ2v) is 4.35. The van der Waals surface area contributed by atoms with Crippen molar-refractivity contribution in [2.75, 3.05) is 5.32 Å². The summed E-state index contributed by atoms with van der Waals surface area (Å²) < 4.78 is 40.9. The van der Waals surface area contributed by atoms with Crippen LogP contribution in [0.2, 0.25) is 0 Å². The topological polar surface area (TPSA) is 59.6 Å². The van der Waals surface area contributed by atoms with E-state index in [9.17, 15) is 13.2 Å². The van der Waals surface area contributed by atoms with Gasteiger partial charge in [0.15, 0.2) is 5.96 Å². The van der Waals surface area contributed by atoms with Crippen molar-refractivity contribution in [3.63, 3.8) is 0 Å². The maximum absolute atomic E-state index is 12.3. The molecule has 0 fully saturated rings. The number of nitrogens with two attached hydrogens (primary N) is 1. The third-order valence-electron chi connectivity index (χ3n) is 2.66. The minimum Gasteiger partial charge on any atom is -0.405 e. The molecule has 0 amide bonds. The van der Waals surface area contributed by atoms with E-state index in [4.69, 9.17) is 5.73 Å². The molecule has 0 spiro atoms. The molecule has 0 atom stereocenters. The standard InChI is InChI=1S/C15H14F3N3O.HI/c16-15(17,18)22-13-9-5-4-6-11(13)10-20-14(19)21-12-7-2-1-3-8-12;/h1-9H,10H2,(H3,19,20,21);1H. The van der Waals surface area contributed by atoms with Gasteiger partial charge in [0.05, 0.1) is 6.54 Å². The first-order valence-corrected chi connectivity index (χ1v) is 6.40. The summed E-state index contributed by atoms with van der Waals surface area (Å²) in [7, 11) is 0. The Bertz CT molecular complexity index is 648.